The number of hydrogen-bond acceptors (Lipinski definition) is 3. The van der Waals surface area contributed by atoms with Crippen molar-refractivity contribution in [1.82, 2.24) is 14.4 Å². The van der Waals surface area contributed by atoms with E-state index in [1.54, 1.807) is 12.1 Å². The molecule has 5 nitrogen and oxygen atoms in total. The first-order valence-corrected chi connectivity index (χ1v) is 12.5. The molecular formula is C30H33FN4O. The lowest BCUT2D eigenvalue weighted by Crippen LogP contribution is -2.47. The Labute approximate surface area is 212 Å². The third-order valence-corrected chi connectivity index (χ3v) is 7.35. The normalized spacial score (nSPS) is 14.4. The predicted molar refractivity (Wildman–Crippen MR) is 144 cm³/mol. The van der Waals surface area contributed by atoms with E-state index in [0.29, 0.717) is 12.1 Å². The van der Waals surface area contributed by atoms with E-state index in [0.717, 1.165) is 54.9 Å². The van der Waals surface area contributed by atoms with Crippen LogP contribution in [0.2, 0.25) is 0 Å². The molecule has 6 heteroatoms. The van der Waals surface area contributed by atoms with Gasteiger partial charge in [0, 0.05) is 55.9 Å². The molecule has 186 valence electrons. The van der Waals surface area contributed by atoms with Crippen molar-refractivity contribution in [1.29, 1.82) is 0 Å². The van der Waals surface area contributed by atoms with Crippen molar-refractivity contribution in [2.75, 3.05) is 38.5 Å². The number of nitrogens with zero attached hydrogens (tertiary/aromatic N) is 3. The minimum atomic E-state index is -0.246. The molecule has 1 aliphatic heterocycles. The van der Waals surface area contributed by atoms with Crippen LogP contribution in [0.3, 0.4) is 0 Å². The molecule has 0 radical (unpaired) electrons. The van der Waals surface area contributed by atoms with Gasteiger partial charge in [-0.2, -0.15) is 0 Å². The highest BCUT2D eigenvalue weighted by Crippen LogP contribution is 2.34. The first-order valence-electron chi connectivity index (χ1n) is 12.5. The number of piperazine rings is 1. The number of anilines is 1. The monoisotopic (exact) mass is 484 g/mol. The van der Waals surface area contributed by atoms with Crippen molar-refractivity contribution in [3.63, 3.8) is 0 Å². The summed E-state index contributed by atoms with van der Waals surface area (Å²) in [6.07, 6.45) is 0. The average molecular weight is 485 g/mol. The number of hydrogen-bond donors (Lipinski definition) is 1. The van der Waals surface area contributed by atoms with Crippen molar-refractivity contribution in [2.24, 2.45) is 0 Å². The van der Waals surface area contributed by atoms with Crippen molar-refractivity contribution >= 4 is 22.5 Å². The zero-order valence-electron chi connectivity index (χ0n) is 21.2. The van der Waals surface area contributed by atoms with Crippen molar-refractivity contribution in [3.8, 4) is 0 Å². The summed E-state index contributed by atoms with van der Waals surface area (Å²) in [5, 5.41) is 4.66. The number of halogens is 1. The topological polar surface area (TPSA) is 40.5 Å². The Hall–Kier alpha value is -3.64. The van der Waals surface area contributed by atoms with E-state index in [9.17, 15) is 9.18 Å². The van der Waals surface area contributed by atoms with Crippen LogP contribution in [0.15, 0.2) is 66.7 Å². The van der Waals surface area contributed by atoms with Gasteiger partial charge in [0.05, 0.1) is 11.2 Å². The quantitative estimate of drug-likeness (QED) is 0.396. The number of likely N-dealkylation sites (N-methyl/N-ethyl adjacent to an activating group) is 1. The van der Waals surface area contributed by atoms with Crippen LogP contribution in [0, 0.1) is 19.7 Å². The van der Waals surface area contributed by atoms with E-state index in [-0.39, 0.29) is 11.7 Å². The molecule has 1 saturated heterocycles. The van der Waals surface area contributed by atoms with Crippen LogP contribution in [0.4, 0.5) is 10.1 Å². The van der Waals surface area contributed by atoms with Crippen LogP contribution >= 0.6 is 0 Å². The molecule has 1 aromatic heterocycles. The van der Waals surface area contributed by atoms with E-state index in [1.807, 2.05) is 17.0 Å². The van der Waals surface area contributed by atoms with Crippen molar-refractivity contribution in [2.45, 2.75) is 26.9 Å². The van der Waals surface area contributed by atoms with Gasteiger partial charge in [-0.3, -0.25) is 4.79 Å². The molecule has 4 aromatic rings. The second kappa shape index (κ2) is 10.2. The molecule has 1 fully saturated rings. The van der Waals surface area contributed by atoms with E-state index < -0.39 is 0 Å². The number of carbonyl (C=O) groups is 1. The maximum atomic E-state index is 13.5. The molecule has 36 heavy (non-hydrogen) atoms. The number of rotatable bonds is 6. The van der Waals surface area contributed by atoms with E-state index in [1.165, 1.54) is 29.0 Å². The summed E-state index contributed by atoms with van der Waals surface area (Å²) in [4.78, 5) is 17.7. The number of aryl methyl sites for hydroxylation is 1. The van der Waals surface area contributed by atoms with Crippen LogP contribution in [0.25, 0.3) is 10.9 Å². The maximum Gasteiger partial charge on any atom is 0.254 e. The van der Waals surface area contributed by atoms with E-state index in [4.69, 9.17) is 0 Å². The van der Waals surface area contributed by atoms with Gasteiger partial charge in [0.15, 0.2) is 0 Å². The fraction of sp³-hybridized carbons (Fsp3) is 0.300. The lowest BCUT2D eigenvalue weighted by atomic mass is 10.1. The van der Waals surface area contributed by atoms with Crippen molar-refractivity contribution in [3.05, 3.63) is 100 Å². The van der Waals surface area contributed by atoms with Gasteiger partial charge < -0.3 is 19.7 Å². The fourth-order valence-corrected chi connectivity index (χ4v) is 4.99. The molecule has 5 rings (SSSR count). The van der Waals surface area contributed by atoms with Gasteiger partial charge in [0.2, 0.25) is 0 Å². The predicted octanol–water partition coefficient (Wildman–Crippen LogP) is 5.45. The molecule has 1 aliphatic rings. The van der Waals surface area contributed by atoms with Gasteiger partial charge >= 0.3 is 0 Å². The lowest BCUT2D eigenvalue weighted by molar-refractivity contribution is 0.0664. The Morgan fingerprint density at radius 2 is 1.61 bits per heavy atom. The molecule has 0 aliphatic carbocycles. The summed E-state index contributed by atoms with van der Waals surface area (Å²) in [5.74, 6) is -0.174. The van der Waals surface area contributed by atoms with Gasteiger partial charge in [-0.15, -0.1) is 0 Å². The zero-order chi connectivity index (χ0) is 25.2. The summed E-state index contributed by atoms with van der Waals surface area (Å²) < 4.78 is 15.8. The molecule has 0 bridgehead atoms. The number of nitrogens with one attached hydrogen (secondary N) is 1. The Balaban J connectivity index is 1.57. The Bertz CT molecular complexity index is 1370. The van der Waals surface area contributed by atoms with E-state index in [2.05, 4.69) is 66.0 Å². The molecule has 0 atom stereocenters. The Morgan fingerprint density at radius 3 is 2.31 bits per heavy atom. The second-order valence-electron chi connectivity index (χ2n) is 9.78. The molecule has 3 aromatic carbocycles. The van der Waals surface area contributed by atoms with Gasteiger partial charge in [-0.25, -0.2) is 4.39 Å². The number of amides is 1. The highest BCUT2D eigenvalue weighted by molar-refractivity contribution is 6.04. The standard InChI is InChI=1S/C30H33FN4O/c1-21-22(2)35(20-24-7-5-4-6-8-24)29-27(21)17-25(30(36)34-15-13-33(3)14-16-34)18-28(29)32-19-23-9-11-26(31)12-10-23/h4-12,17-18,32H,13-16,19-20H2,1-3H3. The molecular weight excluding hydrogens is 451 g/mol. The molecule has 0 unspecified atom stereocenters. The van der Waals surface area contributed by atoms with Crippen LogP contribution in [0.1, 0.15) is 32.7 Å². The highest BCUT2D eigenvalue weighted by atomic mass is 19.1. The Kier molecular flexibility index (Phi) is 6.79. The number of aromatic nitrogens is 1. The minimum absolute atomic E-state index is 0.0719. The van der Waals surface area contributed by atoms with Crippen LogP contribution in [-0.2, 0) is 13.1 Å². The first kappa shape index (κ1) is 24.1. The minimum Gasteiger partial charge on any atom is -0.379 e. The second-order valence-corrected chi connectivity index (χ2v) is 9.78. The summed E-state index contributed by atoms with van der Waals surface area (Å²) >= 11 is 0. The summed E-state index contributed by atoms with van der Waals surface area (Å²) in [6.45, 7) is 8.79. The molecule has 2 heterocycles. The Morgan fingerprint density at radius 1 is 0.917 bits per heavy atom. The summed E-state index contributed by atoms with van der Waals surface area (Å²) in [7, 11) is 2.09. The number of carbonyl (C=O) groups excluding carboxylic acids is 1. The van der Waals surface area contributed by atoms with Gasteiger partial charge in [-0.1, -0.05) is 42.5 Å². The third-order valence-electron chi connectivity index (χ3n) is 7.35. The van der Waals surface area contributed by atoms with Gasteiger partial charge in [0.1, 0.15) is 5.82 Å². The lowest BCUT2D eigenvalue weighted by Gasteiger charge is -2.32. The highest BCUT2D eigenvalue weighted by Gasteiger charge is 2.23. The average Bonchev–Trinajstić information content (AvgIpc) is 3.13. The summed E-state index contributed by atoms with van der Waals surface area (Å²) in [6, 6.07) is 21.0. The molecule has 1 N–H and O–H groups in total. The number of benzene rings is 3. The first-order chi connectivity index (χ1) is 17.4. The van der Waals surface area contributed by atoms with Gasteiger partial charge in [-0.05, 0) is 61.9 Å². The third kappa shape index (κ3) is 4.86. The number of fused-ring (bicyclic) bond motifs is 1. The summed E-state index contributed by atoms with van der Waals surface area (Å²) in [5.41, 5.74) is 7.28. The van der Waals surface area contributed by atoms with Crippen LogP contribution in [-0.4, -0.2) is 53.5 Å². The van der Waals surface area contributed by atoms with Gasteiger partial charge in [0.25, 0.3) is 5.91 Å². The smallest absolute Gasteiger partial charge is 0.254 e. The largest absolute Gasteiger partial charge is 0.379 e. The van der Waals surface area contributed by atoms with Crippen molar-refractivity contribution < 1.29 is 9.18 Å². The maximum absolute atomic E-state index is 13.5. The molecule has 0 spiro atoms. The van der Waals surface area contributed by atoms with Crippen LogP contribution < -0.4 is 5.32 Å². The zero-order valence-corrected chi connectivity index (χ0v) is 21.2. The SMILES string of the molecule is Cc1c(C)n(Cc2ccccc2)c2c(NCc3ccc(F)cc3)cc(C(=O)N3CCN(C)CC3)cc12. The fourth-order valence-electron chi connectivity index (χ4n) is 4.99. The molecule has 1 amide bonds. The van der Waals surface area contributed by atoms with Crippen LogP contribution in [0.5, 0.6) is 0 Å². The van der Waals surface area contributed by atoms with E-state index >= 15 is 0 Å². The molecule has 0 saturated carbocycles.